The van der Waals surface area contributed by atoms with Crippen LogP contribution >= 0.6 is 11.6 Å². The van der Waals surface area contributed by atoms with Gasteiger partial charge in [-0.25, -0.2) is 4.79 Å². The van der Waals surface area contributed by atoms with E-state index >= 15 is 0 Å². The first-order chi connectivity index (χ1) is 9.63. The molecule has 0 unspecified atom stereocenters. The molecule has 2 amide bonds. The number of benzene rings is 2. The Morgan fingerprint density at radius 2 is 2.10 bits per heavy atom. The molecular formula is C15H14ClN3O. The Morgan fingerprint density at radius 1 is 1.25 bits per heavy atom. The van der Waals surface area contributed by atoms with Gasteiger partial charge in [-0.1, -0.05) is 17.7 Å². The van der Waals surface area contributed by atoms with E-state index in [1.54, 1.807) is 23.1 Å². The molecule has 0 saturated carbocycles. The van der Waals surface area contributed by atoms with Gasteiger partial charge in [-0.15, -0.1) is 0 Å². The lowest BCUT2D eigenvalue weighted by Gasteiger charge is -2.18. The zero-order valence-corrected chi connectivity index (χ0v) is 11.5. The highest BCUT2D eigenvalue weighted by atomic mass is 35.5. The average Bonchev–Trinajstić information content (AvgIpc) is 2.81. The third kappa shape index (κ3) is 2.42. The first-order valence-corrected chi connectivity index (χ1v) is 6.74. The molecule has 1 heterocycles. The Kier molecular flexibility index (Phi) is 3.24. The van der Waals surface area contributed by atoms with E-state index in [-0.39, 0.29) is 6.03 Å². The summed E-state index contributed by atoms with van der Waals surface area (Å²) in [6.45, 7) is 0.658. The second-order valence-electron chi connectivity index (χ2n) is 4.73. The second-order valence-corrected chi connectivity index (χ2v) is 5.17. The Labute approximate surface area is 122 Å². The number of nitrogens with zero attached hydrogens (tertiary/aromatic N) is 1. The van der Waals surface area contributed by atoms with Gasteiger partial charge in [0, 0.05) is 28.6 Å². The molecular weight excluding hydrogens is 274 g/mol. The predicted octanol–water partition coefficient (Wildman–Crippen LogP) is 3.52. The molecule has 4 nitrogen and oxygen atoms in total. The number of nitrogens with two attached hydrogens (primary N) is 1. The first-order valence-electron chi connectivity index (χ1n) is 6.36. The number of amides is 2. The van der Waals surface area contributed by atoms with Gasteiger partial charge in [-0.3, -0.25) is 4.90 Å². The second kappa shape index (κ2) is 5.06. The van der Waals surface area contributed by atoms with Crippen molar-refractivity contribution in [1.29, 1.82) is 0 Å². The van der Waals surface area contributed by atoms with Gasteiger partial charge in [-0.2, -0.15) is 0 Å². The van der Waals surface area contributed by atoms with Crippen molar-refractivity contribution in [1.82, 2.24) is 0 Å². The minimum atomic E-state index is -0.157. The SMILES string of the molecule is Nc1ccc2c(c1)CCN2C(=O)Nc1cccc(Cl)c1. The molecule has 0 aromatic heterocycles. The Bertz CT molecular complexity index is 672. The zero-order chi connectivity index (χ0) is 14.1. The average molecular weight is 288 g/mol. The Morgan fingerprint density at radius 3 is 2.90 bits per heavy atom. The molecule has 0 bridgehead atoms. The number of urea groups is 1. The van der Waals surface area contributed by atoms with Crippen LogP contribution in [0.5, 0.6) is 0 Å². The summed E-state index contributed by atoms with van der Waals surface area (Å²) in [5.74, 6) is 0. The number of fused-ring (bicyclic) bond motifs is 1. The van der Waals surface area contributed by atoms with Gasteiger partial charge in [-0.05, 0) is 48.4 Å². The molecule has 1 aliphatic rings. The van der Waals surface area contributed by atoms with Gasteiger partial charge in [0.15, 0.2) is 0 Å². The van der Waals surface area contributed by atoms with Crippen LogP contribution in [0.1, 0.15) is 5.56 Å². The molecule has 1 aliphatic heterocycles. The molecule has 0 aliphatic carbocycles. The van der Waals surface area contributed by atoms with Gasteiger partial charge in [0.25, 0.3) is 0 Å². The summed E-state index contributed by atoms with van der Waals surface area (Å²) in [6.07, 6.45) is 0.823. The molecule has 3 N–H and O–H groups in total. The summed E-state index contributed by atoms with van der Waals surface area (Å²) in [4.78, 5) is 14.0. The van der Waals surface area contributed by atoms with E-state index in [0.29, 0.717) is 17.3 Å². The van der Waals surface area contributed by atoms with Crippen LogP contribution in [-0.4, -0.2) is 12.6 Å². The van der Waals surface area contributed by atoms with Gasteiger partial charge >= 0.3 is 6.03 Å². The predicted molar refractivity (Wildman–Crippen MR) is 82.4 cm³/mol. The smallest absolute Gasteiger partial charge is 0.326 e. The minimum absolute atomic E-state index is 0.157. The summed E-state index contributed by atoms with van der Waals surface area (Å²) < 4.78 is 0. The fraction of sp³-hybridized carbons (Fsp3) is 0.133. The van der Waals surface area contributed by atoms with Crippen molar-refractivity contribution in [2.45, 2.75) is 6.42 Å². The van der Waals surface area contributed by atoms with Gasteiger partial charge in [0.1, 0.15) is 0 Å². The highest BCUT2D eigenvalue weighted by Gasteiger charge is 2.24. The quantitative estimate of drug-likeness (QED) is 0.789. The van der Waals surface area contributed by atoms with E-state index in [1.807, 2.05) is 24.3 Å². The highest BCUT2D eigenvalue weighted by Crippen LogP contribution is 2.30. The molecule has 0 radical (unpaired) electrons. The van der Waals surface area contributed by atoms with Gasteiger partial charge in [0.05, 0.1) is 0 Å². The topological polar surface area (TPSA) is 58.4 Å². The minimum Gasteiger partial charge on any atom is -0.399 e. The molecule has 20 heavy (non-hydrogen) atoms. The summed E-state index contributed by atoms with van der Waals surface area (Å²) in [5.41, 5.74) is 9.19. The first kappa shape index (κ1) is 12.8. The van der Waals surface area contributed by atoms with E-state index in [2.05, 4.69) is 5.32 Å². The van der Waals surface area contributed by atoms with Crippen molar-refractivity contribution in [2.75, 3.05) is 22.5 Å². The number of rotatable bonds is 1. The van der Waals surface area contributed by atoms with Crippen LogP contribution in [0.3, 0.4) is 0 Å². The Balaban J connectivity index is 1.80. The van der Waals surface area contributed by atoms with Crippen molar-refractivity contribution >= 4 is 34.7 Å². The number of hydrogen-bond acceptors (Lipinski definition) is 2. The maximum atomic E-state index is 12.3. The van der Waals surface area contributed by atoms with E-state index < -0.39 is 0 Å². The van der Waals surface area contributed by atoms with E-state index in [1.165, 1.54) is 0 Å². The van der Waals surface area contributed by atoms with Crippen LogP contribution in [0.25, 0.3) is 0 Å². The summed E-state index contributed by atoms with van der Waals surface area (Å²) in [5, 5.41) is 3.45. The molecule has 2 aromatic rings. The standard InChI is InChI=1S/C15H14ClN3O/c16-11-2-1-3-13(9-11)18-15(20)19-7-6-10-8-12(17)4-5-14(10)19/h1-5,8-9H,6-7,17H2,(H,18,20). The van der Waals surface area contributed by atoms with E-state index in [4.69, 9.17) is 17.3 Å². The number of carbonyl (C=O) groups is 1. The molecule has 5 heteroatoms. The fourth-order valence-corrected chi connectivity index (χ4v) is 2.58. The molecule has 102 valence electrons. The number of carbonyl (C=O) groups excluding carboxylic acids is 1. The fourth-order valence-electron chi connectivity index (χ4n) is 2.39. The lowest BCUT2D eigenvalue weighted by atomic mass is 10.1. The van der Waals surface area contributed by atoms with E-state index in [9.17, 15) is 4.79 Å². The molecule has 0 atom stereocenters. The molecule has 0 saturated heterocycles. The third-order valence-corrected chi connectivity index (χ3v) is 3.56. The number of hydrogen-bond donors (Lipinski definition) is 2. The van der Waals surface area contributed by atoms with Gasteiger partial charge in [0.2, 0.25) is 0 Å². The summed E-state index contributed by atoms with van der Waals surface area (Å²) in [6, 6.07) is 12.6. The van der Waals surface area contributed by atoms with Crippen LogP contribution < -0.4 is 16.0 Å². The van der Waals surface area contributed by atoms with Crippen LogP contribution in [0.15, 0.2) is 42.5 Å². The molecule has 0 spiro atoms. The summed E-state index contributed by atoms with van der Waals surface area (Å²) >= 11 is 5.91. The molecule has 0 fully saturated rings. The lowest BCUT2D eigenvalue weighted by molar-refractivity contribution is 0.257. The number of nitrogens with one attached hydrogen (secondary N) is 1. The number of nitrogen functional groups attached to an aromatic ring is 1. The van der Waals surface area contributed by atoms with Crippen LogP contribution in [0.4, 0.5) is 21.9 Å². The normalized spacial score (nSPS) is 13.2. The largest absolute Gasteiger partial charge is 0.399 e. The van der Waals surface area contributed by atoms with Crippen LogP contribution in [-0.2, 0) is 6.42 Å². The third-order valence-electron chi connectivity index (χ3n) is 3.32. The van der Waals surface area contributed by atoms with Crippen molar-refractivity contribution < 1.29 is 4.79 Å². The monoisotopic (exact) mass is 287 g/mol. The van der Waals surface area contributed by atoms with E-state index in [0.717, 1.165) is 23.4 Å². The number of halogens is 1. The highest BCUT2D eigenvalue weighted by molar-refractivity contribution is 6.30. The molecule has 2 aromatic carbocycles. The Hall–Kier alpha value is -2.20. The molecule has 3 rings (SSSR count). The maximum Gasteiger partial charge on any atom is 0.326 e. The lowest BCUT2D eigenvalue weighted by Crippen LogP contribution is -2.33. The van der Waals surface area contributed by atoms with Crippen LogP contribution in [0, 0.1) is 0 Å². The number of anilines is 3. The summed E-state index contributed by atoms with van der Waals surface area (Å²) in [7, 11) is 0. The maximum absolute atomic E-state index is 12.3. The zero-order valence-electron chi connectivity index (χ0n) is 10.8. The van der Waals surface area contributed by atoms with Gasteiger partial charge < -0.3 is 11.1 Å². The van der Waals surface area contributed by atoms with Crippen LogP contribution in [0.2, 0.25) is 5.02 Å². The van der Waals surface area contributed by atoms with Crippen molar-refractivity contribution in [3.8, 4) is 0 Å². The van der Waals surface area contributed by atoms with Crippen molar-refractivity contribution in [2.24, 2.45) is 0 Å². The van der Waals surface area contributed by atoms with Crippen molar-refractivity contribution in [3.63, 3.8) is 0 Å². The van der Waals surface area contributed by atoms with Crippen molar-refractivity contribution in [3.05, 3.63) is 53.1 Å².